The van der Waals surface area contributed by atoms with Gasteiger partial charge in [0.2, 0.25) is 10.0 Å². The molecule has 1 aromatic heterocycles. The molecule has 30 heavy (non-hydrogen) atoms. The first-order valence-electron chi connectivity index (χ1n) is 9.48. The lowest BCUT2D eigenvalue weighted by Crippen LogP contribution is -2.41. The van der Waals surface area contributed by atoms with E-state index < -0.39 is 10.0 Å². The molecule has 0 aliphatic rings. The van der Waals surface area contributed by atoms with Gasteiger partial charge in [0.25, 0.3) is 0 Å². The minimum atomic E-state index is -3.47. The van der Waals surface area contributed by atoms with Crippen molar-refractivity contribution in [2.75, 3.05) is 20.1 Å². The van der Waals surface area contributed by atoms with E-state index in [9.17, 15) is 8.42 Å². The summed E-state index contributed by atoms with van der Waals surface area (Å²) in [6, 6.07) is 9.51. The minimum Gasteiger partial charge on any atom is -0.491 e. The van der Waals surface area contributed by atoms with Crippen LogP contribution < -0.4 is 20.1 Å². The molecule has 0 saturated carbocycles. The maximum absolute atomic E-state index is 12.2. The number of hydrogen-bond donors (Lipinski definition) is 3. The van der Waals surface area contributed by atoms with Gasteiger partial charge in [0, 0.05) is 37.1 Å². The van der Waals surface area contributed by atoms with Crippen molar-refractivity contribution in [1.82, 2.24) is 15.4 Å². The van der Waals surface area contributed by atoms with Gasteiger partial charge in [-0.1, -0.05) is 12.1 Å². The number of guanidine groups is 1. The number of aliphatic imine (C=N–C) groups is 1. The van der Waals surface area contributed by atoms with Crippen molar-refractivity contribution in [3.8, 4) is 5.75 Å². The van der Waals surface area contributed by atoms with Crippen molar-refractivity contribution < 1.29 is 13.2 Å². The zero-order valence-electron chi connectivity index (χ0n) is 18.0. The lowest BCUT2D eigenvalue weighted by atomic mass is 10.1. The van der Waals surface area contributed by atoms with Crippen LogP contribution in [-0.2, 0) is 16.6 Å². The van der Waals surface area contributed by atoms with Crippen LogP contribution >= 0.6 is 35.3 Å². The minimum absolute atomic E-state index is 0. The maximum atomic E-state index is 12.2. The molecule has 2 aromatic rings. The van der Waals surface area contributed by atoms with Gasteiger partial charge in [-0.2, -0.15) is 0 Å². The van der Waals surface area contributed by atoms with E-state index in [1.54, 1.807) is 19.2 Å². The molecule has 0 radical (unpaired) electrons. The fourth-order valence-corrected chi connectivity index (χ4v) is 4.92. The van der Waals surface area contributed by atoms with E-state index in [4.69, 9.17) is 4.74 Å². The number of halogens is 1. The molecule has 0 fully saturated rings. The maximum Gasteiger partial charge on any atom is 0.250 e. The number of thiophene rings is 1. The van der Waals surface area contributed by atoms with Crippen LogP contribution in [-0.4, -0.2) is 40.6 Å². The smallest absolute Gasteiger partial charge is 0.250 e. The lowest BCUT2D eigenvalue weighted by molar-refractivity contribution is 0.239. The summed E-state index contributed by atoms with van der Waals surface area (Å²) in [7, 11) is -1.79. The molecule has 2 rings (SSSR count). The van der Waals surface area contributed by atoms with Crippen molar-refractivity contribution in [2.24, 2.45) is 4.99 Å². The number of benzene rings is 1. The molecule has 1 aromatic carbocycles. The van der Waals surface area contributed by atoms with Crippen LogP contribution in [0.25, 0.3) is 0 Å². The normalized spacial score (nSPS) is 11.9. The molecule has 7 nitrogen and oxygen atoms in total. The van der Waals surface area contributed by atoms with Crippen molar-refractivity contribution in [1.29, 1.82) is 0 Å². The largest absolute Gasteiger partial charge is 0.491 e. The molecule has 0 atom stereocenters. The summed E-state index contributed by atoms with van der Waals surface area (Å²) < 4.78 is 33.3. The second kappa shape index (κ2) is 12.5. The third-order valence-electron chi connectivity index (χ3n) is 3.95. The van der Waals surface area contributed by atoms with Gasteiger partial charge in [-0.05, 0) is 51.5 Å². The number of nitrogens with zero attached hydrogens (tertiary/aromatic N) is 1. The highest BCUT2D eigenvalue weighted by Gasteiger charge is 2.15. The van der Waals surface area contributed by atoms with Crippen LogP contribution in [0.3, 0.4) is 0 Å². The van der Waals surface area contributed by atoms with E-state index in [-0.39, 0.29) is 36.6 Å². The SMILES string of the molecule is CN=C(NCCNS(=O)(=O)c1ccc(C)s1)NCc1ccc(C)cc1OC(C)C.I. The van der Waals surface area contributed by atoms with Crippen molar-refractivity contribution in [3.05, 3.63) is 46.3 Å². The van der Waals surface area contributed by atoms with Crippen LogP contribution in [0.2, 0.25) is 0 Å². The molecule has 0 unspecified atom stereocenters. The Labute approximate surface area is 200 Å². The van der Waals surface area contributed by atoms with Gasteiger partial charge in [-0.15, -0.1) is 35.3 Å². The summed E-state index contributed by atoms with van der Waals surface area (Å²) in [5, 5.41) is 6.35. The number of nitrogens with one attached hydrogen (secondary N) is 3. The van der Waals surface area contributed by atoms with E-state index in [1.807, 2.05) is 45.9 Å². The molecule has 0 aliphatic carbocycles. The Kier molecular flexibility index (Phi) is 11.1. The summed E-state index contributed by atoms with van der Waals surface area (Å²) in [6.45, 7) is 9.12. The third kappa shape index (κ3) is 8.40. The van der Waals surface area contributed by atoms with Crippen LogP contribution in [0.15, 0.2) is 39.5 Å². The molecular formula is C20H31IN4O3S2. The second-order valence-electron chi connectivity index (χ2n) is 6.89. The Balaban J connectivity index is 0.00000450. The fourth-order valence-electron chi connectivity index (χ4n) is 2.56. The quantitative estimate of drug-likeness (QED) is 0.187. The molecule has 1 heterocycles. The van der Waals surface area contributed by atoms with E-state index in [2.05, 4.69) is 20.3 Å². The Morgan fingerprint density at radius 1 is 1.13 bits per heavy atom. The van der Waals surface area contributed by atoms with E-state index >= 15 is 0 Å². The average molecular weight is 567 g/mol. The first kappa shape index (κ1) is 26.7. The molecule has 168 valence electrons. The van der Waals surface area contributed by atoms with Gasteiger partial charge in [0.15, 0.2) is 5.96 Å². The van der Waals surface area contributed by atoms with Crippen LogP contribution in [0, 0.1) is 13.8 Å². The molecule has 0 spiro atoms. The van der Waals surface area contributed by atoms with E-state index in [0.29, 0.717) is 23.3 Å². The van der Waals surface area contributed by atoms with Gasteiger partial charge in [-0.3, -0.25) is 4.99 Å². The summed E-state index contributed by atoms with van der Waals surface area (Å²) in [4.78, 5) is 5.15. The van der Waals surface area contributed by atoms with Crippen LogP contribution in [0.5, 0.6) is 5.75 Å². The molecule has 0 amide bonds. The van der Waals surface area contributed by atoms with Gasteiger partial charge in [-0.25, -0.2) is 13.1 Å². The molecule has 0 aliphatic heterocycles. The van der Waals surface area contributed by atoms with Gasteiger partial charge in [0.05, 0.1) is 6.10 Å². The first-order valence-corrected chi connectivity index (χ1v) is 11.8. The monoisotopic (exact) mass is 566 g/mol. The summed E-state index contributed by atoms with van der Waals surface area (Å²) >= 11 is 1.26. The Morgan fingerprint density at radius 2 is 1.87 bits per heavy atom. The lowest BCUT2D eigenvalue weighted by Gasteiger charge is -2.17. The number of rotatable bonds is 9. The highest BCUT2D eigenvalue weighted by Crippen LogP contribution is 2.22. The zero-order chi connectivity index (χ0) is 21.4. The van der Waals surface area contributed by atoms with Crippen LogP contribution in [0.1, 0.15) is 29.9 Å². The predicted molar refractivity (Wildman–Crippen MR) is 135 cm³/mol. The summed E-state index contributed by atoms with van der Waals surface area (Å²) in [5.41, 5.74) is 2.17. The molecule has 0 bridgehead atoms. The number of ether oxygens (including phenoxy) is 1. The van der Waals surface area contributed by atoms with Crippen molar-refractivity contribution in [3.63, 3.8) is 0 Å². The zero-order valence-corrected chi connectivity index (χ0v) is 21.9. The highest BCUT2D eigenvalue weighted by atomic mass is 127. The Bertz CT molecular complexity index is 943. The number of hydrogen-bond acceptors (Lipinski definition) is 5. The van der Waals surface area contributed by atoms with Crippen molar-refractivity contribution in [2.45, 2.75) is 44.6 Å². The summed E-state index contributed by atoms with van der Waals surface area (Å²) in [5.74, 6) is 1.44. The molecule has 10 heteroatoms. The second-order valence-corrected chi connectivity index (χ2v) is 10.2. The topological polar surface area (TPSA) is 91.8 Å². The van der Waals surface area contributed by atoms with E-state index in [0.717, 1.165) is 21.8 Å². The van der Waals surface area contributed by atoms with Crippen molar-refractivity contribution >= 4 is 51.3 Å². The third-order valence-corrected chi connectivity index (χ3v) is 6.90. The summed E-state index contributed by atoms with van der Waals surface area (Å²) in [6.07, 6.45) is 0.0909. The Morgan fingerprint density at radius 3 is 2.47 bits per heavy atom. The number of aryl methyl sites for hydroxylation is 2. The predicted octanol–water partition coefficient (Wildman–Crippen LogP) is 3.41. The van der Waals surface area contributed by atoms with Gasteiger partial charge < -0.3 is 15.4 Å². The first-order chi connectivity index (χ1) is 13.7. The highest BCUT2D eigenvalue weighted by molar-refractivity contribution is 14.0. The molecule has 0 saturated heterocycles. The Hall–Kier alpha value is -1.37. The van der Waals surface area contributed by atoms with Gasteiger partial charge in [0.1, 0.15) is 9.96 Å². The standard InChI is InChI=1S/C20H30N4O3S2.HI/c1-14(2)27-18-12-15(3)6-8-17(18)13-23-20(21-5)22-10-11-24-29(25,26)19-9-7-16(4)28-19;/h6-9,12,14,24H,10-11,13H2,1-5H3,(H2,21,22,23);1H. The van der Waals surface area contributed by atoms with E-state index in [1.165, 1.54) is 11.3 Å². The van der Waals surface area contributed by atoms with Crippen LogP contribution in [0.4, 0.5) is 0 Å². The average Bonchev–Trinajstić information content (AvgIpc) is 3.09. The molecule has 3 N–H and O–H groups in total. The molecular weight excluding hydrogens is 535 g/mol. The fraction of sp³-hybridized carbons (Fsp3) is 0.450. The number of sulfonamides is 1. The van der Waals surface area contributed by atoms with Gasteiger partial charge >= 0.3 is 0 Å².